The lowest BCUT2D eigenvalue weighted by molar-refractivity contribution is -0.00736. The van der Waals surface area contributed by atoms with Gasteiger partial charge in [0.25, 0.3) is 0 Å². The van der Waals surface area contributed by atoms with Gasteiger partial charge in [-0.3, -0.25) is 0 Å². The number of ether oxygens (including phenoxy) is 2. The predicted molar refractivity (Wildman–Crippen MR) is 79.0 cm³/mol. The smallest absolute Gasteiger partial charge is 0.342 e. The van der Waals surface area contributed by atoms with Crippen molar-refractivity contribution in [3.63, 3.8) is 0 Å². The zero-order chi connectivity index (χ0) is 14.8. The number of methoxy groups -OCH3 is 1. The number of hydrogen-bond donors (Lipinski definition) is 0. The third-order valence-corrected chi connectivity index (χ3v) is 3.95. The van der Waals surface area contributed by atoms with E-state index in [1.54, 1.807) is 19.2 Å². The van der Waals surface area contributed by atoms with Crippen LogP contribution in [0.1, 0.15) is 50.4 Å². The Labute approximate surface area is 121 Å². The Morgan fingerprint density at radius 2 is 1.95 bits per heavy atom. The predicted octanol–water partition coefficient (Wildman–Crippen LogP) is 4.07. The fourth-order valence-electron chi connectivity index (χ4n) is 3.38. The van der Waals surface area contributed by atoms with Crippen molar-refractivity contribution in [1.29, 1.82) is 0 Å². The van der Waals surface area contributed by atoms with Crippen LogP contribution in [0.15, 0.2) is 24.3 Å². The molecule has 0 bridgehead atoms. The lowest BCUT2D eigenvalue weighted by Crippen LogP contribution is -2.34. The Morgan fingerprint density at radius 3 is 2.60 bits per heavy atom. The minimum atomic E-state index is -0.280. The van der Waals surface area contributed by atoms with Crippen LogP contribution in [0.25, 0.3) is 0 Å². The maximum atomic E-state index is 12.3. The van der Waals surface area contributed by atoms with E-state index >= 15 is 0 Å². The van der Waals surface area contributed by atoms with E-state index in [0.717, 1.165) is 12.8 Å². The van der Waals surface area contributed by atoms with Gasteiger partial charge in [-0.2, -0.15) is 0 Å². The van der Waals surface area contributed by atoms with E-state index in [9.17, 15) is 4.79 Å². The first-order valence-electron chi connectivity index (χ1n) is 7.25. The lowest BCUT2D eigenvalue weighted by Gasteiger charge is -2.38. The summed E-state index contributed by atoms with van der Waals surface area (Å²) in [4.78, 5) is 12.3. The Kier molecular flexibility index (Phi) is 4.36. The molecule has 0 radical (unpaired) electrons. The molecule has 2 atom stereocenters. The molecule has 3 nitrogen and oxygen atoms in total. The molecule has 0 spiro atoms. The van der Waals surface area contributed by atoms with Gasteiger partial charge in [0, 0.05) is 0 Å². The van der Waals surface area contributed by atoms with Crippen LogP contribution in [0.5, 0.6) is 5.75 Å². The summed E-state index contributed by atoms with van der Waals surface area (Å²) in [6.07, 6.45) is 3.07. The first kappa shape index (κ1) is 14.9. The fraction of sp³-hybridized carbons (Fsp3) is 0.588. The quantitative estimate of drug-likeness (QED) is 0.781. The van der Waals surface area contributed by atoms with Gasteiger partial charge in [0.1, 0.15) is 17.4 Å². The molecule has 3 heteroatoms. The van der Waals surface area contributed by atoms with Crippen LogP contribution >= 0.6 is 0 Å². The maximum Gasteiger partial charge on any atom is 0.342 e. The average molecular weight is 276 g/mol. The van der Waals surface area contributed by atoms with Gasteiger partial charge in [0.05, 0.1) is 7.11 Å². The van der Waals surface area contributed by atoms with E-state index < -0.39 is 0 Å². The molecule has 1 saturated carbocycles. The Hall–Kier alpha value is -1.51. The zero-order valence-corrected chi connectivity index (χ0v) is 12.8. The standard InChI is InChI=1S/C17H24O3/c1-12-9-13(11-17(2,3)10-12)20-16(18)14-7-5-6-8-15(14)19-4/h5-8,12-13H,9-11H2,1-4H3. The van der Waals surface area contributed by atoms with Crippen molar-refractivity contribution in [3.05, 3.63) is 29.8 Å². The summed E-state index contributed by atoms with van der Waals surface area (Å²) in [5.41, 5.74) is 0.745. The summed E-state index contributed by atoms with van der Waals surface area (Å²) < 4.78 is 10.9. The molecule has 2 unspecified atom stereocenters. The number of benzene rings is 1. The Balaban J connectivity index is 2.08. The fourth-order valence-corrected chi connectivity index (χ4v) is 3.38. The SMILES string of the molecule is COc1ccccc1C(=O)OC1CC(C)CC(C)(C)C1. The van der Waals surface area contributed by atoms with Crippen molar-refractivity contribution < 1.29 is 14.3 Å². The molecule has 0 aromatic heterocycles. The first-order chi connectivity index (χ1) is 9.41. The van der Waals surface area contributed by atoms with Crippen molar-refractivity contribution in [1.82, 2.24) is 0 Å². The molecule has 1 aliphatic carbocycles. The van der Waals surface area contributed by atoms with Crippen molar-refractivity contribution in [2.24, 2.45) is 11.3 Å². The van der Waals surface area contributed by atoms with Crippen molar-refractivity contribution in [2.75, 3.05) is 7.11 Å². The van der Waals surface area contributed by atoms with E-state index in [0.29, 0.717) is 17.2 Å². The number of hydrogen-bond acceptors (Lipinski definition) is 3. The molecule has 0 aliphatic heterocycles. The number of esters is 1. The Morgan fingerprint density at radius 1 is 1.25 bits per heavy atom. The van der Waals surface area contributed by atoms with E-state index in [1.165, 1.54) is 6.42 Å². The number of rotatable bonds is 3. The summed E-state index contributed by atoms with van der Waals surface area (Å²) in [5.74, 6) is 0.882. The highest BCUT2D eigenvalue weighted by Crippen LogP contribution is 2.40. The summed E-state index contributed by atoms with van der Waals surface area (Å²) in [5, 5.41) is 0. The molecule has 2 rings (SSSR count). The topological polar surface area (TPSA) is 35.5 Å². The molecule has 1 aliphatic rings. The second-order valence-electron chi connectivity index (χ2n) is 6.64. The molecule has 1 aromatic carbocycles. The van der Waals surface area contributed by atoms with Gasteiger partial charge in [0.2, 0.25) is 0 Å². The zero-order valence-electron chi connectivity index (χ0n) is 12.8. The summed E-state index contributed by atoms with van der Waals surface area (Å²) in [6.45, 7) is 6.71. The van der Waals surface area contributed by atoms with Crippen molar-refractivity contribution in [2.45, 2.75) is 46.1 Å². The van der Waals surface area contributed by atoms with Crippen molar-refractivity contribution in [3.8, 4) is 5.75 Å². The van der Waals surface area contributed by atoms with Crippen LogP contribution in [0.3, 0.4) is 0 Å². The number of carbonyl (C=O) groups is 1. The lowest BCUT2D eigenvalue weighted by atomic mass is 9.71. The van der Waals surface area contributed by atoms with Crippen LogP contribution in [-0.2, 0) is 4.74 Å². The molecule has 0 heterocycles. The van der Waals surface area contributed by atoms with Gasteiger partial charge in [-0.1, -0.05) is 32.9 Å². The largest absolute Gasteiger partial charge is 0.496 e. The molecule has 0 N–H and O–H groups in total. The highest BCUT2D eigenvalue weighted by molar-refractivity contribution is 5.92. The Bertz CT molecular complexity index is 479. The number of para-hydroxylation sites is 1. The minimum absolute atomic E-state index is 0.00571. The van der Waals surface area contributed by atoms with Crippen LogP contribution < -0.4 is 4.74 Å². The molecule has 1 aromatic rings. The average Bonchev–Trinajstić information content (AvgIpc) is 2.36. The van der Waals surface area contributed by atoms with E-state index in [4.69, 9.17) is 9.47 Å². The van der Waals surface area contributed by atoms with Crippen LogP contribution in [0.4, 0.5) is 0 Å². The summed E-state index contributed by atoms with van der Waals surface area (Å²) >= 11 is 0. The van der Waals surface area contributed by atoms with E-state index in [2.05, 4.69) is 20.8 Å². The highest BCUT2D eigenvalue weighted by Gasteiger charge is 2.34. The van der Waals surface area contributed by atoms with Gasteiger partial charge < -0.3 is 9.47 Å². The third-order valence-electron chi connectivity index (χ3n) is 3.95. The second-order valence-corrected chi connectivity index (χ2v) is 6.64. The molecule has 0 saturated heterocycles. The van der Waals surface area contributed by atoms with Gasteiger partial charge in [-0.15, -0.1) is 0 Å². The molecule has 20 heavy (non-hydrogen) atoms. The molecular weight excluding hydrogens is 252 g/mol. The molecule has 1 fully saturated rings. The van der Waals surface area contributed by atoms with Gasteiger partial charge >= 0.3 is 5.97 Å². The third kappa shape index (κ3) is 3.53. The van der Waals surface area contributed by atoms with E-state index in [-0.39, 0.29) is 17.5 Å². The minimum Gasteiger partial charge on any atom is -0.496 e. The normalized spacial score (nSPS) is 25.0. The number of carbonyl (C=O) groups excluding carboxylic acids is 1. The second kappa shape index (κ2) is 5.86. The van der Waals surface area contributed by atoms with E-state index in [1.807, 2.05) is 12.1 Å². The first-order valence-corrected chi connectivity index (χ1v) is 7.25. The van der Waals surface area contributed by atoms with Crippen LogP contribution in [0.2, 0.25) is 0 Å². The highest BCUT2D eigenvalue weighted by atomic mass is 16.5. The molecular formula is C17H24O3. The summed E-state index contributed by atoms with van der Waals surface area (Å²) in [7, 11) is 1.57. The molecule has 110 valence electrons. The van der Waals surface area contributed by atoms with Crippen LogP contribution in [0, 0.1) is 11.3 Å². The van der Waals surface area contributed by atoms with Gasteiger partial charge in [-0.05, 0) is 42.7 Å². The van der Waals surface area contributed by atoms with Crippen LogP contribution in [-0.4, -0.2) is 19.2 Å². The van der Waals surface area contributed by atoms with Gasteiger partial charge in [-0.25, -0.2) is 4.79 Å². The summed E-state index contributed by atoms with van der Waals surface area (Å²) in [6, 6.07) is 7.20. The molecule has 0 amide bonds. The van der Waals surface area contributed by atoms with Gasteiger partial charge in [0.15, 0.2) is 0 Å². The maximum absolute atomic E-state index is 12.3. The van der Waals surface area contributed by atoms with Crippen molar-refractivity contribution >= 4 is 5.97 Å². The monoisotopic (exact) mass is 276 g/mol.